The molecule has 2 aromatic carbocycles. The van der Waals surface area contributed by atoms with Gasteiger partial charge < -0.3 is 14.2 Å². The first kappa shape index (κ1) is 20.1. The van der Waals surface area contributed by atoms with Crippen molar-refractivity contribution in [3.8, 4) is 11.5 Å². The number of hydrogen-bond acceptors (Lipinski definition) is 7. The average molecular weight is 397 g/mol. The van der Waals surface area contributed by atoms with Gasteiger partial charge in [-0.3, -0.25) is 24.1 Å². The van der Waals surface area contributed by atoms with Gasteiger partial charge in [-0.2, -0.15) is 0 Å². The van der Waals surface area contributed by atoms with Gasteiger partial charge in [0.05, 0.1) is 26.2 Å². The van der Waals surface area contributed by atoms with Gasteiger partial charge in [-0.25, -0.2) is 0 Å². The van der Waals surface area contributed by atoms with Gasteiger partial charge in [0.15, 0.2) is 6.61 Å². The van der Waals surface area contributed by atoms with Crippen molar-refractivity contribution in [3.05, 3.63) is 59.2 Å². The summed E-state index contributed by atoms with van der Waals surface area (Å²) in [5.41, 5.74) is 1.22. The molecule has 0 atom stereocenters. The smallest absolute Gasteiger partial charge is 0.326 e. The number of nitrogens with zero attached hydrogens (tertiary/aromatic N) is 1. The highest BCUT2D eigenvalue weighted by Crippen LogP contribution is 2.25. The Morgan fingerprint density at radius 2 is 1.79 bits per heavy atom. The van der Waals surface area contributed by atoms with Crippen LogP contribution in [0.15, 0.2) is 42.5 Å². The monoisotopic (exact) mass is 397 g/mol. The number of methoxy groups -OCH3 is 2. The lowest BCUT2D eigenvalue weighted by Crippen LogP contribution is -2.45. The zero-order valence-electron chi connectivity index (χ0n) is 16.0. The topological polar surface area (TPSA) is 99.2 Å². The van der Waals surface area contributed by atoms with Gasteiger partial charge in [0.1, 0.15) is 18.0 Å². The molecule has 8 nitrogen and oxygen atoms in total. The molecule has 0 spiro atoms. The Kier molecular flexibility index (Phi) is 5.92. The van der Waals surface area contributed by atoms with Gasteiger partial charge in [0.2, 0.25) is 11.7 Å². The van der Waals surface area contributed by atoms with Crippen LogP contribution >= 0.6 is 0 Å². The molecule has 1 heterocycles. The number of ether oxygens (including phenoxy) is 3. The molecule has 0 radical (unpaired) electrons. The van der Waals surface area contributed by atoms with Crippen LogP contribution in [0.4, 0.5) is 0 Å². The Morgan fingerprint density at radius 3 is 2.52 bits per heavy atom. The van der Waals surface area contributed by atoms with Crippen LogP contribution in [0.2, 0.25) is 0 Å². The minimum absolute atomic E-state index is 0.0250. The highest BCUT2D eigenvalue weighted by molar-refractivity contribution is 6.11. The molecule has 8 heteroatoms. The van der Waals surface area contributed by atoms with E-state index in [0.717, 1.165) is 4.90 Å². The highest BCUT2D eigenvalue weighted by atomic mass is 16.5. The molecule has 2 aromatic rings. The molecule has 0 aromatic heterocycles. The molecule has 3 rings (SSSR count). The number of ketones is 1. The Labute approximate surface area is 167 Å². The van der Waals surface area contributed by atoms with Gasteiger partial charge in [0.25, 0.3) is 5.91 Å². The van der Waals surface area contributed by atoms with E-state index in [1.807, 2.05) is 0 Å². The van der Waals surface area contributed by atoms with Crippen LogP contribution in [0.3, 0.4) is 0 Å². The minimum Gasteiger partial charge on any atom is -0.497 e. The summed E-state index contributed by atoms with van der Waals surface area (Å²) < 4.78 is 15.2. The molecule has 0 N–H and O–H groups in total. The summed E-state index contributed by atoms with van der Waals surface area (Å²) in [7, 11) is 2.89. The maximum Gasteiger partial charge on any atom is 0.326 e. The summed E-state index contributed by atoms with van der Waals surface area (Å²) in [5.74, 6) is -1.60. The average Bonchev–Trinajstić information content (AvgIpc) is 2.74. The van der Waals surface area contributed by atoms with Crippen molar-refractivity contribution in [2.75, 3.05) is 27.4 Å². The van der Waals surface area contributed by atoms with E-state index in [-0.39, 0.29) is 17.7 Å². The number of amides is 2. The second kappa shape index (κ2) is 8.55. The fourth-order valence-electron chi connectivity index (χ4n) is 2.99. The maximum absolute atomic E-state index is 12.5. The van der Waals surface area contributed by atoms with E-state index in [1.54, 1.807) is 30.3 Å². The van der Waals surface area contributed by atoms with Crippen molar-refractivity contribution in [1.29, 1.82) is 0 Å². The number of carbonyl (C=O) groups excluding carboxylic acids is 4. The van der Waals surface area contributed by atoms with Crippen molar-refractivity contribution >= 4 is 23.6 Å². The SMILES string of the molecule is COc1ccc(C(=O)COC(=O)CN2C(=O)Cc3ccccc3C2=O)c(OC)c1. The number of imide groups is 1. The van der Waals surface area contributed by atoms with Crippen molar-refractivity contribution in [3.63, 3.8) is 0 Å². The van der Waals surface area contributed by atoms with Crippen LogP contribution < -0.4 is 9.47 Å². The molecule has 0 fully saturated rings. The summed E-state index contributed by atoms with van der Waals surface area (Å²) in [6.07, 6.45) is 0.0250. The minimum atomic E-state index is -0.855. The fourth-order valence-corrected chi connectivity index (χ4v) is 2.99. The lowest BCUT2D eigenvalue weighted by atomic mass is 9.98. The van der Waals surface area contributed by atoms with Gasteiger partial charge in [0, 0.05) is 11.6 Å². The zero-order valence-corrected chi connectivity index (χ0v) is 16.0. The molecule has 0 unspecified atom stereocenters. The van der Waals surface area contributed by atoms with Crippen molar-refractivity contribution in [2.24, 2.45) is 0 Å². The molecular formula is C21H19NO7. The molecule has 0 aliphatic carbocycles. The Hall–Kier alpha value is -3.68. The largest absolute Gasteiger partial charge is 0.497 e. The Bertz CT molecular complexity index is 983. The summed E-state index contributed by atoms with van der Waals surface area (Å²) in [6.45, 7) is -1.10. The van der Waals surface area contributed by atoms with Crippen LogP contribution in [-0.2, 0) is 20.7 Å². The maximum atomic E-state index is 12.5. The van der Waals surface area contributed by atoms with Gasteiger partial charge in [-0.15, -0.1) is 0 Å². The predicted octanol–water partition coefficient (Wildman–Crippen LogP) is 1.65. The molecule has 0 saturated heterocycles. The first-order chi connectivity index (χ1) is 13.9. The van der Waals surface area contributed by atoms with Crippen LogP contribution in [0.5, 0.6) is 11.5 Å². The Morgan fingerprint density at radius 1 is 1.03 bits per heavy atom. The van der Waals surface area contributed by atoms with E-state index in [2.05, 4.69) is 0 Å². The van der Waals surface area contributed by atoms with E-state index < -0.39 is 36.7 Å². The van der Waals surface area contributed by atoms with Crippen LogP contribution in [0.1, 0.15) is 26.3 Å². The lowest BCUT2D eigenvalue weighted by Gasteiger charge is -2.25. The Balaban J connectivity index is 1.62. The van der Waals surface area contributed by atoms with E-state index in [1.165, 1.54) is 26.4 Å². The molecule has 0 bridgehead atoms. The summed E-state index contributed by atoms with van der Waals surface area (Å²) in [5, 5.41) is 0. The quantitative estimate of drug-likeness (QED) is 0.398. The number of rotatable bonds is 7. The number of esters is 1. The summed E-state index contributed by atoms with van der Waals surface area (Å²) in [4.78, 5) is 50.0. The molecule has 150 valence electrons. The second-order valence-electron chi connectivity index (χ2n) is 6.27. The van der Waals surface area contributed by atoms with E-state index in [4.69, 9.17) is 14.2 Å². The van der Waals surface area contributed by atoms with E-state index in [0.29, 0.717) is 16.9 Å². The number of hydrogen-bond donors (Lipinski definition) is 0. The molecule has 2 amide bonds. The summed E-state index contributed by atoms with van der Waals surface area (Å²) in [6, 6.07) is 11.3. The number of benzene rings is 2. The molecule has 1 aliphatic heterocycles. The van der Waals surface area contributed by atoms with E-state index in [9.17, 15) is 19.2 Å². The third kappa shape index (κ3) is 4.26. The van der Waals surface area contributed by atoms with E-state index >= 15 is 0 Å². The summed E-state index contributed by atoms with van der Waals surface area (Å²) >= 11 is 0. The highest BCUT2D eigenvalue weighted by Gasteiger charge is 2.32. The molecule has 29 heavy (non-hydrogen) atoms. The zero-order chi connectivity index (χ0) is 21.0. The first-order valence-electron chi connectivity index (χ1n) is 8.78. The van der Waals surface area contributed by atoms with Crippen molar-refractivity contribution in [1.82, 2.24) is 4.90 Å². The van der Waals surface area contributed by atoms with Gasteiger partial charge >= 0.3 is 5.97 Å². The van der Waals surface area contributed by atoms with Crippen molar-refractivity contribution < 1.29 is 33.4 Å². The molecule has 0 saturated carbocycles. The second-order valence-corrected chi connectivity index (χ2v) is 6.27. The number of fused-ring (bicyclic) bond motifs is 1. The fraction of sp³-hybridized carbons (Fsp3) is 0.238. The van der Waals surface area contributed by atoms with Crippen LogP contribution in [0.25, 0.3) is 0 Å². The van der Waals surface area contributed by atoms with Crippen LogP contribution in [-0.4, -0.2) is 55.8 Å². The molecular weight excluding hydrogens is 378 g/mol. The van der Waals surface area contributed by atoms with Gasteiger partial charge in [-0.05, 0) is 23.8 Å². The van der Waals surface area contributed by atoms with Crippen molar-refractivity contribution in [2.45, 2.75) is 6.42 Å². The number of Topliss-reactive ketones (excluding diaryl/α,β-unsaturated/α-hetero) is 1. The third-order valence-electron chi connectivity index (χ3n) is 4.50. The predicted molar refractivity (Wildman–Crippen MR) is 101 cm³/mol. The first-order valence-corrected chi connectivity index (χ1v) is 8.78. The number of carbonyl (C=O) groups is 4. The normalized spacial score (nSPS) is 13.0. The van der Waals surface area contributed by atoms with Crippen LogP contribution in [0, 0.1) is 0 Å². The van der Waals surface area contributed by atoms with Gasteiger partial charge in [-0.1, -0.05) is 18.2 Å². The lowest BCUT2D eigenvalue weighted by molar-refractivity contribution is -0.146. The molecule has 1 aliphatic rings. The third-order valence-corrected chi connectivity index (χ3v) is 4.50. The standard InChI is InChI=1S/C21H19NO7/c1-27-14-7-8-16(18(10-14)28-2)17(23)12-29-20(25)11-22-19(24)9-13-5-3-4-6-15(13)21(22)26/h3-8,10H,9,11-12H2,1-2H3.